The number of carbonyl (C=O) groups excluding carboxylic acids is 2. The summed E-state index contributed by atoms with van der Waals surface area (Å²) in [6, 6.07) is 17.4. The molecule has 2 bridgehead atoms. The van der Waals surface area contributed by atoms with Gasteiger partial charge in [0, 0.05) is 16.0 Å². The van der Waals surface area contributed by atoms with Crippen LogP contribution >= 0.6 is 23.1 Å². The van der Waals surface area contributed by atoms with Crippen LogP contribution in [0.15, 0.2) is 64.4 Å². The number of thioether (sulfide) groups is 1. The zero-order valence-corrected chi connectivity index (χ0v) is 20.0. The average Bonchev–Trinajstić information content (AvgIpc) is 3.58. The molecular weight excluding hydrogens is 468 g/mol. The fourth-order valence-electron chi connectivity index (χ4n) is 7.03. The first-order chi connectivity index (χ1) is 16.6. The highest BCUT2D eigenvalue weighted by Gasteiger charge is 2.69. The number of methoxy groups -OCH3 is 1. The first-order valence-electron chi connectivity index (χ1n) is 11.5. The van der Waals surface area contributed by atoms with Crippen LogP contribution in [0.3, 0.4) is 0 Å². The van der Waals surface area contributed by atoms with E-state index in [1.165, 1.54) is 16.2 Å². The highest BCUT2D eigenvalue weighted by atomic mass is 32.2. The molecule has 3 heterocycles. The number of carbonyl (C=O) groups is 2. The third-order valence-electron chi connectivity index (χ3n) is 8.21. The van der Waals surface area contributed by atoms with Crippen LogP contribution in [-0.4, -0.2) is 29.2 Å². The average molecular weight is 491 g/mol. The van der Waals surface area contributed by atoms with Crippen molar-refractivity contribution in [3.8, 4) is 5.75 Å². The monoisotopic (exact) mass is 490 g/mol. The fourth-order valence-corrected chi connectivity index (χ4v) is 9.92. The standard InChI is InChI=1S/C26H22N2O4S2/c1-32-14-9-7-12(8-10-14)17-18-15-11-16(21(18)33-23-22(17)34-26(31)27-23)20-19(15)24(29)28(25(20)30)13-5-3-2-4-6-13/h2-10,15-21H,11H2,1H3,(H,27,31)/t15-,16+,17+,18-,19+,20-,21-/m1/s1. The van der Waals surface area contributed by atoms with E-state index in [1.807, 2.05) is 42.5 Å². The number of nitrogens with one attached hydrogen (secondary N) is 1. The molecule has 1 N–H and O–H groups in total. The Kier molecular flexibility index (Phi) is 4.42. The van der Waals surface area contributed by atoms with E-state index in [4.69, 9.17) is 4.74 Å². The molecule has 6 nitrogen and oxygen atoms in total. The Balaban J connectivity index is 1.33. The van der Waals surface area contributed by atoms with Gasteiger partial charge in [0.2, 0.25) is 11.8 Å². The molecule has 34 heavy (non-hydrogen) atoms. The lowest BCUT2D eigenvalue weighted by atomic mass is 9.68. The lowest BCUT2D eigenvalue weighted by Crippen LogP contribution is -2.42. The zero-order chi connectivity index (χ0) is 23.1. The molecule has 8 heteroatoms. The topological polar surface area (TPSA) is 79.5 Å². The van der Waals surface area contributed by atoms with Gasteiger partial charge in [0.25, 0.3) is 0 Å². The van der Waals surface area contributed by atoms with Crippen molar-refractivity contribution in [2.24, 2.45) is 29.6 Å². The van der Waals surface area contributed by atoms with Crippen molar-refractivity contribution in [2.45, 2.75) is 22.6 Å². The number of fused-ring (bicyclic) bond motifs is 9. The number of aromatic amines is 1. The number of para-hydroxylation sites is 1. The first kappa shape index (κ1) is 20.5. The summed E-state index contributed by atoms with van der Waals surface area (Å²) in [6.07, 6.45) is 0.892. The van der Waals surface area contributed by atoms with Crippen molar-refractivity contribution in [1.82, 2.24) is 4.98 Å². The molecule has 0 radical (unpaired) electrons. The van der Waals surface area contributed by atoms with Gasteiger partial charge in [-0.1, -0.05) is 41.7 Å². The van der Waals surface area contributed by atoms with Crippen molar-refractivity contribution in [3.05, 3.63) is 74.7 Å². The summed E-state index contributed by atoms with van der Waals surface area (Å²) in [5.74, 6) is 0.611. The molecule has 1 saturated heterocycles. The van der Waals surface area contributed by atoms with Crippen molar-refractivity contribution in [3.63, 3.8) is 0 Å². The second-order valence-corrected chi connectivity index (χ2v) is 11.8. The maximum absolute atomic E-state index is 13.7. The zero-order valence-electron chi connectivity index (χ0n) is 18.3. The van der Waals surface area contributed by atoms with Crippen LogP contribution in [0.4, 0.5) is 5.69 Å². The Morgan fingerprint density at radius 2 is 1.65 bits per heavy atom. The van der Waals surface area contributed by atoms with Crippen LogP contribution in [-0.2, 0) is 9.59 Å². The van der Waals surface area contributed by atoms with Crippen molar-refractivity contribution >= 4 is 40.6 Å². The number of hydrogen-bond donors (Lipinski definition) is 1. The molecule has 172 valence electrons. The maximum Gasteiger partial charge on any atom is 0.305 e. The lowest BCUT2D eigenvalue weighted by Gasteiger charge is -2.43. The van der Waals surface area contributed by atoms with Crippen LogP contribution < -0.4 is 14.5 Å². The Hall–Kier alpha value is -2.84. The second kappa shape index (κ2) is 7.33. The van der Waals surface area contributed by atoms with Gasteiger partial charge in [0.05, 0.1) is 29.7 Å². The van der Waals surface area contributed by atoms with Gasteiger partial charge >= 0.3 is 4.87 Å². The smallest absolute Gasteiger partial charge is 0.305 e. The third kappa shape index (κ3) is 2.66. The summed E-state index contributed by atoms with van der Waals surface area (Å²) in [4.78, 5) is 45.1. The predicted octanol–water partition coefficient (Wildman–Crippen LogP) is 4.12. The number of thiazole rings is 1. The number of ether oxygens (including phenoxy) is 1. The maximum atomic E-state index is 13.7. The van der Waals surface area contributed by atoms with Gasteiger partial charge < -0.3 is 9.72 Å². The first-order valence-corrected chi connectivity index (χ1v) is 13.2. The molecule has 3 aromatic rings. The predicted molar refractivity (Wildman–Crippen MR) is 130 cm³/mol. The minimum absolute atomic E-state index is 0.0285. The molecular formula is C26H22N2O4S2. The van der Waals surface area contributed by atoms with Crippen LogP contribution in [0.2, 0.25) is 0 Å². The number of rotatable bonds is 3. The number of H-pyrrole nitrogens is 1. The quantitative estimate of drug-likeness (QED) is 0.559. The Bertz CT molecular complexity index is 1370. The summed E-state index contributed by atoms with van der Waals surface area (Å²) in [5.41, 5.74) is 1.80. The largest absolute Gasteiger partial charge is 0.497 e. The number of anilines is 1. The Morgan fingerprint density at radius 3 is 2.35 bits per heavy atom. The molecule has 2 aromatic carbocycles. The van der Waals surface area contributed by atoms with Gasteiger partial charge in [-0.3, -0.25) is 19.3 Å². The number of amides is 2. The van der Waals surface area contributed by atoms with E-state index < -0.39 is 0 Å². The highest BCUT2D eigenvalue weighted by Crippen LogP contribution is 2.68. The number of benzene rings is 2. The van der Waals surface area contributed by atoms with Gasteiger partial charge in [0.1, 0.15) is 5.75 Å². The van der Waals surface area contributed by atoms with Crippen LogP contribution in [0.1, 0.15) is 22.8 Å². The van der Waals surface area contributed by atoms with Crippen LogP contribution in [0.25, 0.3) is 0 Å². The van der Waals surface area contributed by atoms with Gasteiger partial charge in [-0.15, -0.1) is 11.8 Å². The SMILES string of the molecule is COc1ccc([C@@H]2c3sc(=O)[nH]c3S[C@@H]3[C@H]4C[C@@H]([C@@H]5C(=O)N(c6ccccc6)C(=O)[C@H]45)[C@H]23)cc1. The van der Waals surface area contributed by atoms with E-state index >= 15 is 0 Å². The molecule has 2 saturated carbocycles. The van der Waals surface area contributed by atoms with Crippen molar-refractivity contribution < 1.29 is 14.3 Å². The molecule has 2 aliphatic heterocycles. The molecule has 2 aliphatic carbocycles. The molecule has 2 amide bonds. The number of imide groups is 1. The summed E-state index contributed by atoms with van der Waals surface area (Å²) in [6.45, 7) is 0. The van der Waals surface area contributed by atoms with E-state index in [2.05, 4.69) is 17.1 Å². The summed E-state index contributed by atoms with van der Waals surface area (Å²) >= 11 is 2.99. The molecule has 0 unspecified atom stereocenters. The minimum Gasteiger partial charge on any atom is -0.497 e. The number of nitrogens with zero attached hydrogens (tertiary/aromatic N) is 1. The van der Waals surface area contributed by atoms with Gasteiger partial charge in [-0.05, 0) is 54.0 Å². The Morgan fingerprint density at radius 1 is 0.941 bits per heavy atom. The van der Waals surface area contributed by atoms with Gasteiger partial charge in [0.15, 0.2) is 0 Å². The normalized spacial score (nSPS) is 33.1. The van der Waals surface area contributed by atoms with E-state index in [0.717, 1.165) is 27.6 Å². The van der Waals surface area contributed by atoms with E-state index in [9.17, 15) is 14.4 Å². The molecule has 7 atom stereocenters. The fraction of sp³-hybridized carbons (Fsp3) is 0.346. The second-order valence-electron chi connectivity index (χ2n) is 9.58. The Labute approximate surface area is 204 Å². The van der Waals surface area contributed by atoms with Gasteiger partial charge in [-0.2, -0.15) is 0 Å². The summed E-state index contributed by atoms with van der Waals surface area (Å²) < 4.78 is 5.36. The molecule has 4 aliphatic rings. The molecule has 7 rings (SSSR count). The van der Waals surface area contributed by atoms with E-state index in [1.54, 1.807) is 18.9 Å². The van der Waals surface area contributed by atoms with Crippen LogP contribution in [0, 0.1) is 29.6 Å². The van der Waals surface area contributed by atoms with Crippen molar-refractivity contribution in [1.29, 1.82) is 0 Å². The van der Waals surface area contributed by atoms with Crippen molar-refractivity contribution in [2.75, 3.05) is 12.0 Å². The van der Waals surface area contributed by atoms with E-state index in [0.29, 0.717) is 5.69 Å². The minimum atomic E-state index is -0.280. The number of hydrogen-bond acceptors (Lipinski definition) is 6. The lowest BCUT2D eigenvalue weighted by molar-refractivity contribution is -0.123. The molecule has 1 aromatic heterocycles. The van der Waals surface area contributed by atoms with E-state index in [-0.39, 0.29) is 57.4 Å². The molecule has 3 fully saturated rings. The third-order valence-corrected chi connectivity index (χ3v) is 10.8. The summed E-state index contributed by atoms with van der Waals surface area (Å²) in [5, 5.41) is 1.13. The summed E-state index contributed by atoms with van der Waals surface area (Å²) in [7, 11) is 1.65. The van der Waals surface area contributed by atoms with Gasteiger partial charge in [-0.25, -0.2) is 0 Å². The molecule has 0 spiro atoms. The van der Waals surface area contributed by atoms with Crippen LogP contribution in [0.5, 0.6) is 5.75 Å². The highest BCUT2D eigenvalue weighted by molar-refractivity contribution is 8.00. The number of aromatic nitrogens is 1.